The number of hydrogen-bond acceptors (Lipinski definition) is 3. The van der Waals surface area contributed by atoms with Crippen molar-refractivity contribution in [2.75, 3.05) is 6.61 Å². The first kappa shape index (κ1) is 15.5. The van der Waals surface area contributed by atoms with E-state index >= 15 is 0 Å². The minimum atomic E-state index is -0.121. The second-order valence-corrected chi connectivity index (χ2v) is 5.29. The zero-order chi connectivity index (χ0) is 15.2. The molecule has 2 rings (SSSR count). The van der Waals surface area contributed by atoms with Crippen LogP contribution in [0.2, 0.25) is 0 Å². The highest BCUT2D eigenvalue weighted by molar-refractivity contribution is 9.10. The molecule has 0 atom stereocenters. The molecule has 0 radical (unpaired) electrons. The molecule has 5 heteroatoms. The van der Waals surface area contributed by atoms with E-state index in [1.54, 1.807) is 23.0 Å². The van der Waals surface area contributed by atoms with E-state index in [4.69, 9.17) is 4.74 Å². The van der Waals surface area contributed by atoms with Crippen molar-refractivity contribution in [2.24, 2.45) is 0 Å². The van der Waals surface area contributed by atoms with Gasteiger partial charge in [0, 0.05) is 22.8 Å². The number of carbonyl (C=O) groups is 1. The van der Waals surface area contributed by atoms with Crippen LogP contribution in [0.15, 0.2) is 41.0 Å². The first-order valence-corrected chi connectivity index (χ1v) is 7.61. The Morgan fingerprint density at radius 2 is 2.19 bits per heavy atom. The van der Waals surface area contributed by atoms with Gasteiger partial charge >= 0.3 is 0 Å². The maximum Gasteiger partial charge on any atom is 0.206 e. The Morgan fingerprint density at radius 3 is 2.86 bits per heavy atom. The van der Waals surface area contributed by atoms with Gasteiger partial charge < -0.3 is 4.74 Å². The maximum absolute atomic E-state index is 12.1. The zero-order valence-corrected chi connectivity index (χ0v) is 13.6. The lowest BCUT2D eigenvalue weighted by molar-refractivity contribution is 0.104. The van der Waals surface area contributed by atoms with Crippen LogP contribution in [0.5, 0.6) is 5.75 Å². The van der Waals surface area contributed by atoms with E-state index in [-0.39, 0.29) is 5.78 Å². The molecule has 0 amide bonds. The second-order valence-electron chi connectivity index (χ2n) is 4.37. The van der Waals surface area contributed by atoms with Crippen molar-refractivity contribution < 1.29 is 9.53 Å². The van der Waals surface area contributed by atoms with Gasteiger partial charge in [-0.25, -0.2) is 0 Å². The number of ketones is 1. The van der Waals surface area contributed by atoms with Gasteiger partial charge in [0.25, 0.3) is 0 Å². The molecule has 0 aliphatic carbocycles. The van der Waals surface area contributed by atoms with Gasteiger partial charge in [-0.3, -0.25) is 9.48 Å². The molecule has 0 unspecified atom stereocenters. The third kappa shape index (κ3) is 4.04. The summed E-state index contributed by atoms with van der Waals surface area (Å²) in [6, 6.07) is 7.43. The number of aryl methyl sites for hydroxylation is 1. The molecular formula is C16H17BrN2O2. The fourth-order valence-electron chi connectivity index (χ4n) is 1.86. The Bertz CT molecular complexity index is 662. The molecule has 0 spiro atoms. The van der Waals surface area contributed by atoms with Crippen LogP contribution in [0.3, 0.4) is 0 Å². The predicted molar refractivity (Wildman–Crippen MR) is 86.6 cm³/mol. The molecule has 2 aromatic rings. The van der Waals surface area contributed by atoms with E-state index in [0.717, 1.165) is 22.3 Å². The summed E-state index contributed by atoms with van der Waals surface area (Å²) in [5, 5.41) is 4.19. The largest absolute Gasteiger partial charge is 0.493 e. The summed E-state index contributed by atoms with van der Waals surface area (Å²) < 4.78 is 8.21. The number of ether oxygens (including phenoxy) is 1. The Kier molecular flexibility index (Phi) is 5.33. The number of allylic oxidation sites excluding steroid dienone is 1. The minimum Gasteiger partial charge on any atom is -0.493 e. The van der Waals surface area contributed by atoms with Crippen molar-refractivity contribution in [2.45, 2.75) is 20.4 Å². The van der Waals surface area contributed by atoms with Crippen molar-refractivity contribution in [3.05, 3.63) is 52.3 Å². The quantitative estimate of drug-likeness (QED) is 0.586. The molecule has 21 heavy (non-hydrogen) atoms. The Morgan fingerprint density at radius 1 is 1.38 bits per heavy atom. The van der Waals surface area contributed by atoms with Gasteiger partial charge in [0.05, 0.1) is 6.61 Å². The molecule has 0 bridgehead atoms. The minimum absolute atomic E-state index is 0.121. The number of aromatic nitrogens is 2. The molecule has 0 fully saturated rings. The van der Waals surface area contributed by atoms with E-state index in [9.17, 15) is 4.79 Å². The normalized spacial score (nSPS) is 11.0. The van der Waals surface area contributed by atoms with Crippen molar-refractivity contribution in [3.63, 3.8) is 0 Å². The first-order chi connectivity index (χ1) is 10.1. The monoisotopic (exact) mass is 348 g/mol. The van der Waals surface area contributed by atoms with Crippen LogP contribution in [0.1, 0.15) is 29.9 Å². The molecular weight excluding hydrogens is 332 g/mol. The molecule has 0 aliphatic rings. The van der Waals surface area contributed by atoms with Gasteiger partial charge in [0.1, 0.15) is 11.4 Å². The summed E-state index contributed by atoms with van der Waals surface area (Å²) in [6.07, 6.45) is 5.07. The van der Waals surface area contributed by atoms with Crippen molar-refractivity contribution in [1.29, 1.82) is 0 Å². The van der Waals surface area contributed by atoms with Gasteiger partial charge in [-0.1, -0.05) is 15.9 Å². The van der Waals surface area contributed by atoms with Crippen LogP contribution in [0.25, 0.3) is 6.08 Å². The summed E-state index contributed by atoms with van der Waals surface area (Å²) in [6.45, 7) is 5.24. The zero-order valence-electron chi connectivity index (χ0n) is 12.0. The van der Waals surface area contributed by atoms with Gasteiger partial charge in [-0.2, -0.15) is 5.10 Å². The van der Waals surface area contributed by atoms with E-state index in [1.165, 1.54) is 6.08 Å². The number of nitrogens with zero attached hydrogens (tertiary/aromatic N) is 2. The topological polar surface area (TPSA) is 44.1 Å². The molecule has 1 aromatic carbocycles. The number of rotatable bonds is 6. The van der Waals surface area contributed by atoms with Gasteiger partial charge in [0.15, 0.2) is 0 Å². The lowest BCUT2D eigenvalue weighted by Crippen LogP contribution is -2.00. The SMILES string of the molecule is CCOc1ccc(Br)cc1/C=C/C(=O)c1ccn(CC)n1. The van der Waals surface area contributed by atoms with E-state index in [2.05, 4.69) is 21.0 Å². The number of halogens is 1. The Labute approximate surface area is 132 Å². The molecule has 0 N–H and O–H groups in total. The van der Waals surface area contributed by atoms with E-state index < -0.39 is 0 Å². The summed E-state index contributed by atoms with van der Waals surface area (Å²) >= 11 is 3.42. The van der Waals surface area contributed by atoms with E-state index in [1.807, 2.05) is 32.0 Å². The summed E-state index contributed by atoms with van der Waals surface area (Å²) in [7, 11) is 0. The average molecular weight is 349 g/mol. The van der Waals surface area contributed by atoms with Crippen LogP contribution in [0.4, 0.5) is 0 Å². The molecule has 4 nitrogen and oxygen atoms in total. The second kappa shape index (κ2) is 7.22. The van der Waals surface area contributed by atoms with Gasteiger partial charge in [0.2, 0.25) is 5.78 Å². The van der Waals surface area contributed by atoms with Crippen LogP contribution in [-0.2, 0) is 6.54 Å². The van der Waals surface area contributed by atoms with Gasteiger partial charge in [-0.05, 0) is 50.3 Å². The number of hydrogen-bond donors (Lipinski definition) is 0. The Balaban J connectivity index is 2.20. The predicted octanol–water partition coefficient (Wildman–Crippen LogP) is 3.96. The van der Waals surface area contributed by atoms with Crippen molar-refractivity contribution in [3.8, 4) is 5.75 Å². The number of carbonyl (C=O) groups excluding carboxylic acids is 1. The smallest absolute Gasteiger partial charge is 0.206 e. The molecule has 0 saturated heterocycles. The van der Waals surface area contributed by atoms with Crippen LogP contribution in [0, 0.1) is 0 Å². The molecule has 110 valence electrons. The lowest BCUT2D eigenvalue weighted by atomic mass is 10.1. The maximum atomic E-state index is 12.1. The van der Waals surface area contributed by atoms with Crippen molar-refractivity contribution >= 4 is 27.8 Å². The Hall–Kier alpha value is -1.88. The van der Waals surface area contributed by atoms with Crippen molar-refractivity contribution in [1.82, 2.24) is 9.78 Å². The highest BCUT2D eigenvalue weighted by atomic mass is 79.9. The molecule has 0 aliphatic heterocycles. The summed E-state index contributed by atoms with van der Waals surface area (Å²) in [5.41, 5.74) is 1.30. The number of benzene rings is 1. The third-order valence-corrected chi connectivity index (χ3v) is 3.40. The highest BCUT2D eigenvalue weighted by Crippen LogP contribution is 2.24. The fourth-order valence-corrected chi connectivity index (χ4v) is 2.24. The molecule has 1 aromatic heterocycles. The van der Waals surface area contributed by atoms with Crippen LogP contribution in [-0.4, -0.2) is 22.2 Å². The highest BCUT2D eigenvalue weighted by Gasteiger charge is 2.07. The lowest BCUT2D eigenvalue weighted by Gasteiger charge is -2.07. The van der Waals surface area contributed by atoms with E-state index in [0.29, 0.717) is 12.3 Å². The third-order valence-electron chi connectivity index (χ3n) is 2.90. The summed E-state index contributed by atoms with van der Waals surface area (Å²) in [4.78, 5) is 12.1. The van der Waals surface area contributed by atoms with Crippen LogP contribution < -0.4 is 4.74 Å². The molecule has 1 heterocycles. The fraction of sp³-hybridized carbons (Fsp3) is 0.250. The first-order valence-electron chi connectivity index (χ1n) is 6.82. The molecule has 0 saturated carbocycles. The van der Waals surface area contributed by atoms with Gasteiger partial charge in [-0.15, -0.1) is 0 Å². The standard InChI is InChI=1S/C16H17BrN2O2/c1-3-19-10-9-14(18-19)15(20)7-5-12-11-13(17)6-8-16(12)21-4-2/h5-11H,3-4H2,1-2H3/b7-5+. The average Bonchev–Trinajstić information content (AvgIpc) is 2.96. The van der Waals surface area contributed by atoms with Crippen LogP contribution >= 0.6 is 15.9 Å². The summed E-state index contributed by atoms with van der Waals surface area (Å²) in [5.74, 6) is 0.633.